The van der Waals surface area contributed by atoms with E-state index in [-0.39, 0.29) is 0 Å². The van der Waals surface area contributed by atoms with Gasteiger partial charge in [0.05, 0.1) is 0 Å². The van der Waals surface area contributed by atoms with Gasteiger partial charge in [-0.15, -0.1) is 0 Å². The zero-order valence-electron chi connectivity index (χ0n) is 13.1. The number of amides is 1. The van der Waals surface area contributed by atoms with Gasteiger partial charge in [0, 0.05) is 36.1 Å². The van der Waals surface area contributed by atoms with Crippen molar-refractivity contribution in [2.24, 2.45) is 5.92 Å². The number of hydrogen-bond acceptors (Lipinski definition) is 1. The summed E-state index contributed by atoms with van der Waals surface area (Å²) in [5, 5.41) is 1.35. The van der Waals surface area contributed by atoms with Crippen LogP contribution in [0.4, 0.5) is 0 Å². The molecule has 0 bridgehead atoms. The maximum atomic E-state index is 12.5. The lowest BCUT2D eigenvalue weighted by Crippen LogP contribution is -2.40. The maximum Gasteiger partial charge on any atom is 0.225 e. The Kier molecular flexibility index (Phi) is 3.65. The van der Waals surface area contributed by atoms with Gasteiger partial charge in [-0.05, 0) is 43.2 Å². The normalized spacial score (nSPS) is 20.8. The maximum absolute atomic E-state index is 12.5. The van der Waals surface area contributed by atoms with Gasteiger partial charge >= 0.3 is 0 Å². The molecule has 1 aromatic heterocycles. The summed E-state index contributed by atoms with van der Waals surface area (Å²) in [5.41, 5.74) is 2.66. The number of likely N-dealkylation sites (tertiary alicyclic amines) is 1. The van der Waals surface area contributed by atoms with Gasteiger partial charge in [-0.1, -0.05) is 31.0 Å². The molecular formula is C19H24N2O. The van der Waals surface area contributed by atoms with Gasteiger partial charge < -0.3 is 9.88 Å². The average Bonchev–Trinajstić information content (AvgIpc) is 3.24. The van der Waals surface area contributed by atoms with Gasteiger partial charge in [-0.25, -0.2) is 0 Å². The first-order chi connectivity index (χ1) is 10.8. The van der Waals surface area contributed by atoms with Crippen molar-refractivity contribution in [3.63, 3.8) is 0 Å². The van der Waals surface area contributed by atoms with Crippen molar-refractivity contribution >= 4 is 16.8 Å². The van der Waals surface area contributed by atoms with Crippen LogP contribution >= 0.6 is 0 Å². The quantitative estimate of drug-likeness (QED) is 0.891. The molecular weight excluding hydrogens is 272 g/mol. The smallest absolute Gasteiger partial charge is 0.225 e. The van der Waals surface area contributed by atoms with Crippen LogP contribution in [0, 0.1) is 5.92 Å². The topological polar surface area (TPSA) is 36.1 Å². The highest BCUT2D eigenvalue weighted by Gasteiger charge is 2.30. The molecule has 3 nitrogen and oxygen atoms in total. The van der Waals surface area contributed by atoms with Crippen LogP contribution in [0.2, 0.25) is 0 Å². The standard InChI is InChI=1S/C19H24N2O/c22-19(15-5-1-2-6-15)21-11-9-14(10-12-21)17-13-20-18-8-4-3-7-16(17)18/h3-4,7-8,13-15,20H,1-2,5-6,9-12H2. The number of H-pyrrole nitrogens is 1. The van der Waals surface area contributed by atoms with Crippen molar-refractivity contribution in [3.8, 4) is 0 Å². The third kappa shape index (κ3) is 2.43. The number of aromatic nitrogens is 1. The Balaban J connectivity index is 1.44. The van der Waals surface area contributed by atoms with E-state index in [0.29, 0.717) is 17.7 Å². The molecule has 3 heteroatoms. The lowest BCUT2D eigenvalue weighted by molar-refractivity contribution is -0.136. The van der Waals surface area contributed by atoms with Gasteiger partial charge in [-0.2, -0.15) is 0 Å². The molecule has 2 fully saturated rings. The van der Waals surface area contributed by atoms with Crippen LogP contribution in [0.1, 0.15) is 50.0 Å². The SMILES string of the molecule is O=C(C1CCCC1)N1CCC(c2c[nH]c3ccccc23)CC1. The summed E-state index contributed by atoms with van der Waals surface area (Å²) in [6.45, 7) is 1.86. The van der Waals surface area contributed by atoms with Crippen molar-refractivity contribution in [1.82, 2.24) is 9.88 Å². The van der Waals surface area contributed by atoms with Gasteiger partial charge in [0.25, 0.3) is 0 Å². The molecule has 1 N–H and O–H groups in total. The summed E-state index contributed by atoms with van der Waals surface area (Å²) in [7, 11) is 0. The van der Waals surface area contributed by atoms with Crippen molar-refractivity contribution in [1.29, 1.82) is 0 Å². The number of fused-ring (bicyclic) bond motifs is 1. The summed E-state index contributed by atoms with van der Waals surface area (Å²) in [4.78, 5) is 18.0. The van der Waals surface area contributed by atoms with Crippen LogP contribution in [0.3, 0.4) is 0 Å². The van der Waals surface area contributed by atoms with E-state index in [9.17, 15) is 4.79 Å². The average molecular weight is 296 g/mol. The summed E-state index contributed by atoms with van der Waals surface area (Å²) >= 11 is 0. The summed E-state index contributed by atoms with van der Waals surface area (Å²) in [6, 6.07) is 8.53. The fraction of sp³-hybridized carbons (Fsp3) is 0.526. The highest BCUT2D eigenvalue weighted by Crippen LogP contribution is 2.34. The minimum atomic E-state index is 0.324. The first-order valence-corrected chi connectivity index (χ1v) is 8.68. The van der Waals surface area contributed by atoms with Gasteiger partial charge in [0.15, 0.2) is 0 Å². The second-order valence-electron chi connectivity index (χ2n) is 6.87. The summed E-state index contributed by atoms with van der Waals surface area (Å²) in [5.74, 6) is 1.34. The Labute approximate surface area is 131 Å². The second-order valence-corrected chi connectivity index (χ2v) is 6.87. The van der Waals surface area contributed by atoms with Gasteiger partial charge in [0.2, 0.25) is 5.91 Å². The third-order valence-electron chi connectivity index (χ3n) is 5.57. The van der Waals surface area contributed by atoms with E-state index < -0.39 is 0 Å². The van der Waals surface area contributed by atoms with E-state index in [2.05, 4.69) is 40.3 Å². The van der Waals surface area contributed by atoms with E-state index in [1.165, 1.54) is 29.3 Å². The number of carbonyl (C=O) groups excluding carboxylic acids is 1. The van der Waals surface area contributed by atoms with Crippen molar-refractivity contribution in [2.45, 2.75) is 44.4 Å². The Morgan fingerprint density at radius 1 is 1.05 bits per heavy atom. The number of benzene rings is 1. The molecule has 1 aliphatic heterocycles. The number of piperidine rings is 1. The fourth-order valence-corrected chi connectivity index (χ4v) is 4.27. The van der Waals surface area contributed by atoms with E-state index in [1.807, 2.05) is 0 Å². The number of aromatic amines is 1. The number of nitrogens with zero attached hydrogens (tertiary/aromatic N) is 1. The van der Waals surface area contributed by atoms with E-state index in [0.717, 1.165) is 38.8 Å². The molecule has 22 heavy (non-hydrogen) atoms. The molecule has 1 aliphatic carbocycles. The first-order valence-electron chi connectivity index (χ1n) is 8.68. The molecule has 0 radical (unpaired) electrons. The van der Waals surface area contributed by atoms with E-state index >= 15 is 0 Å². The Hall–Kier alpha value is -1.77. The van der Waals surface area contributed by atoms with Crippen LogP contribution in [-0.4, -0.2) is 28.9 Å². The second kappa shape index (κ2) is 5.79. The predicted octanol–water partition coefficient (Wildman–Crippen LogP) is 4.06. The molecule has 1 saturated heterocycles. The minimum absolute atomic E-state index is 0.324. The number of carbonyl (C=O) groups is 1. The Morgan fingerprint density at radius 3 is 2.55 bits per heavy atom. The van der Waals surface area contributed by atoms with Gasteiger partial charge in [0.1, 0.15) is 0 Å². The minimum Gasteiger partial charge on any atom is -0.361 e. The molecule has 116 valence electrons. The number of nitrogens with one attached hydrogen (secondary N) is 1. The third-order valence-corrected chi connectivity index (χ3v) is 5.57. The Morgan fingerprint density at radius 2 is 1.77 bits per heavy atom. The molecule has 0 unspecified atom stereocenters. The molecule has 1 amide bonds. The lowest BCUT2D eigenvalue weighted by Gasteiger charge is -2.33. The number of rotatable bonds is 2. The number of hydrogen-bond donors (Lipinski definition) is 1. The molecule has 2 aliphatic rings. The zero-order valence-corrected chi connectivity index (χ0v) is 13.1. The largest absolute Gasteiger partial charge is 0.361 e. The van der Waals surface area contributed by atoms with Crippen molar-refractivity contribution in [2.75, 3.05) is 13.1 Å². The molecule has 0 spiro atoms. The van der Waals surface area contributed by atoms with E-state index in [1.54, 1.807) is 0 Å². The van der Waals surface area contributed by atoms with Crippen LogP contribution < -0.4 is 0 Å². The van der Waals surface area contributed by atoms with Crippen LogP contribution in [-0.2, 0) is 4.79 Å². The van der Waals surface area contributed by atoms with E-state index in [4.69, 9.17) is 0 Å². The first kappa shape index (κ1) is 13.9. The summed E-state index contributed by atoms with van der Waals surface area (Å²) in [6.07, 6.45) is 9.07. The zero-order chi connectivity index (χ0) is 14.9. The highest BCUT2D eigenvalue weighted by molar-refractivity contribution is 5.84. The molecule has 2 heterocycles. The molecule has 1 saturated carbocycles. The fourth-order valence-electron chi connectivity index (χ4n) is 4.27. The van der Waals surface area contributed by atoms with Crippen LogP contribution in [0.5, 0.6) is 0 Å². The van der Waals surface area contributed by atoms with Crippen LogP contribution in [0.25, 0.3) is 10.9 Å². The van der Waals surface area contributed by atoms with Crippen molar-refractivity contribution in [3.05, 3.63) is 36.0 Å². The van der Waals surface area contributed by atoms with Crippen LogP contribution in [0.15, 0.2) is 30.5 Å². The molecule has 4 rings (SSSR count). The Bertz CT molecular complexity index is 661. The molecule has 0 atom stereocenters. The monoisotopic (exact) mass is 296 g/mol. The molecule has 1 aromatic carbocycles. The predicted molar refractivity (Wildman–Crippen MR) is 88.8 cm³/mol. The van der Waals surface area contributed by atoms with Gasteiger partial charge in [-0.3, -0.25) is 4.79 Å². The highest BCUT2D eigenvalue weighted by atomic mass is 16.2. The lowest BCUT2D eigenvalue weighted by atomic mass is 9.88. The van der Waals surface area contributed by atoms with Crippen molar-refractivity contribution < 1.29 is 4.79 Å². The number of para-hydroxylation sites is 1. The molecule has 2 aromatic rings. The summed E-state index contributed by atoms with van der Waals surface area (Å²) < 4.78 is 0.